The number of unbranched alkanes of at least 4 members (excludes halogenated alkanes) is 3. The third-order valence-electron chi connectivity index (χ3n) is 6.36. The third-order valence-corrected chi connectivity index (χ3v) is 6.77. The van der Waals surface area contributed by atoms with E-state index in [9.17, 15) is 14.7 Å². The Labute approximate surface area is 224 Å². The Kier molecular flexibility index (Phi) is 18.1. The molecule has 0 radical (unpaired) electrons. The predicted molar refractivity (Wildman–Crippen MR) is 152 cm³/mol. The normalized spacial score (nSPS) is 17.5. The number of thiol groups is 1. The van der Waals surface area contributed by atoms with Crippen LogP contribution in [0.5, 0.6) is 0 Å². The molecule has 2 unspecified atom stereocenters. The van der Waals surface area contributed by atoms with E-state index in [2.05, 4.69) is 55.3 Å². The number of allylic oxidation sites excluding steroid dienone is 6. The Morgan fingerprint density at radius 3 is 2.56 bits per heavy atom. The van der Waals surface area contributed by atoms with E-state index in [1.165, 1.54) is 38.5 Å². The molecule has 1 saturated carbocycles. The van der Waals surface area contributed by atoms with Gasteiger partial charge >= 0.3 is 5.97 Å². The molecule has 3 N–H and O–H groups in total. The number of nitrogens with one attached hydrogen (secondary N) is 2. The zero-order chi connectivity index (χ0) is 26.6. The number of esters is 1. The van der Waals surface area contributed by atoms with Crippen LogP contribution in [0.1, 0.15) is 85.0 Å². The van der Waals surface area contributed by atoms with Gasteiger partial charge in [-0.2, -0.15) is 0 Å². The number of aliphatic hydroxyl groups is 1. The molecular weight excluding hydrogens is 472 g/mol. The molecule has 0 spiro atoms. The smallest absolute Gasteiger partial charge is 0.331 e. The fraction of sp³-hybridized carbons (Fsp3) is 0.655. The third kappa shape index (κ3) is 13.5. The van der Waals surface area contributed by atoms with Crippen LogP contribution in [0.3, 0.4) is 0 Å². The summed E-state index contributed by atoms with van der Waals surface area (Å²) >= 11 is 4.30. The zero-order valence-corrected chi connectivity index (χ0v) is 23.4. The summed E-state index contributed by atoms with van der Waals surface area (Å²) in [6, 6.07) is -1.15. The first-order valence-corrected chi connectivity index (χ1v) is 14.1. The monoisotopic (exact) mass is 520 g/mol. The molecule has 1 amide bonds. The fourth-order valence-corrected chi connectivity index (χ4v) is 3.99. The van der Waals surface area contributed by atoms with E-state index in [1.807, 2.05) is 6.08 Å². The molecule has 0 saturated heterocycles. The van der Waals surface area contributed by atoms with Gasteiger partial charge in [-0.25, -0.2) is 4.79 Å². The van der Waals surface area contributed by atoms with E-state index in [4.69, 9.17) is 4.74 Å². The van der Waals surface area contributed by atoms with Crippen molar-refractivity contribution < 1.29 is 19.4 Å². The number of amides is 1. The minimum absolute atomic E-state index is 0.0835. The summed E-state index contributed by atoms with van der Waals surface area (Å²) in [6.45, 7) is 7.96. The molecule has 2 aliphatic rings. The van der Waals surface area contributed by atoms with Gasteiger partial charge in [0.05, 0.1) is 6.61 Å². The summed E-state index contributed by atoms with van der Waals surface area (Å²) in [5, 5.41) is 16.5. The van der Waals surface area contributed by atoms with E-state index in [1.54, 1.807) is 24.6 Å². The molecule has 7 heteroatoms. The van der Waals surface area contributed by atoms with Crippen molar-refractivity contribution in [3.05, 3.63) is 46.9 Å². The van der Waals surface area contributed by atoms with Gasteiger partial charge in [-0.15, -0.1) is 12.6 Å². The molecule has 0 aromatic rings. The van der Waals surface area contributed by atoms with Gasteiger partial charge in [0.15, 0.2) is 6.04 Å². The summed E-state index contributed by atoms with van der Waals surface area (Å²) in [6.07, 6.45) is 22.0. The molecule has 2 atom stereocenters. The molecule has 0 aliphatic heterocycles. The van der Waals surface area contributed by atoms with Gasteiger partial charge in [-0.1, -0.05) is 81.6 Å². The number of ether oxygens (including phenoxy) is 1. The van der Waals surface area contributed by atoms with Gasteiger partial charge in [0.1, 0.15) is 6.10 Å². The lowest BCUT2D eigenvalue weighted by molar-refractivity contribution is -0.150. The number of hydrogen-bond acceptors (Lipinski definition) is 6. The largest absolute Gasteiger partial charge is 0.464 e. The minimum atomic E-state index is -1.25. The van der Waals surface area contributed by atoms with Crippen molar-refractivity contribution in [3.63, 3.8) is 0 Å². The van der Waals surface area contributed by atoms with Crippen LogP contribution in [0.15, 0.2) is 46.9 Å². The van der Waals surface area contributed by atoms with Crippen molar-refractivity contribution in [1.29, 1.82) is 0 Å². The quantitative estimate of drug-likeness (QED) is 0.100. The van der Waals surface area contributed by atoms with Crippen molar-refractivity contribution in [3.8, 4) is 0 Å². The molecule has 0 aromatic heterocycles. The van der Waals surface area contributed by atoms with Crippen LogP contribution < -0.4 is 10.6 Å². The van der Waals surface area contributed by atoms with Crippen LogP contribution in [-0.4, -0.2) is 48.8 Å². The van der Waals surface area contributed by atoms with Crippen molar-refractivity contribution in [2.45, 2.75) is 97.1 Å². The van der Waals surface area contributed by atoms with Crippen molar-refractivity contribution in [2.75, 3.05) is 19.7 Å². The van der Waals surface area contributed by atoms with Crippen molar-refractivity contribution >= 4 is 24.5 Å². The minimum Gasteiger partial charge on any atom is -0.464 e. The second-order valence-corrected chi connectivity index (χ2v) is 9.76. The lowest BCUT2D eigenvalue weighted by atomic mass is 9.84. The average Bonchev–Trinajstić information content (AvgIpc) is 2.85. The first-order valence-electron chi connectivity index (χ1n) is 13.7. The van der Waals surface area contributed by atoms with Gasteiger partial charge in [0.25, 0.3) is 0 Å². The Balaban J connectivity index is 0.000000681. The summed E-state index contributed by atoms with van der Waals surface area (Å²) in [4.78, 5) is 24.7. The second kappa shape index (κ2) is 20.3. The van der Waals surface area contributed by atoms with E-state index in [-0.39, 0.29) is 18.4 Å². The van der Waals surface area contributed by atoms with Crippen molar-refractivity contribution in [1.82, 2.24) is 10.6 Å². The molecular formula is C29H48N2O4S. The van der Waals surface area contributed by atoms with E-state index in [0.29, 0.717) is 4.91 Å². The highest BCUT2D eigenvalue weighted by molar-refractivity contribution is 7.84. The van der Waals surface area contributed by atoms with Gasteiger partial charge < -0.3 is 20.5 Å². The zero-order valence-electron chi connectivity index (χ0n) is 22.5. The molecule has 204 valence electrons. The number of aliphatic hydroxyl groups excluding tert-OH is 1. The number of carbonyl (C=O) groups is 2. The summed E-state index contributed by atoms with van der Waals surface area (Å²) in [5.41, 5.74) is 1.59. The molecule has 0 bridgehead atoms. The number of rotatable bonds is 15. The highest BCUT2D eigenvalue weighted by Gasteiger charge is 2.34. The number of hydrogen-bond donors (Lipinski definition) is 4. The highest BCUT2D eigenvalue weighted by Crippen LogP contribution is 2.26. The van der Waals surface area contributed by atoms with Crippen LogP contribution in [0.25, 0.3) is 0 Å². The molecule has 6 nitrogen and oxygen atoms in total. The Morgan fingerprint density at radius 2 is 2.00 bits per heavy atom. The topological polar surface area (TPSA) is 87.7 Å². The molecule has 1 fully saturated rings. The summed E-state index contributed by atoms with van der Waals surface area (Å²) in [5.74, 6) is -0.951. The molecule has 2 aliphatic carbocycles. The van der Waals surface area contributed by atoms with Crippen LogP contribution in [0.4, 0.5) is 0 Å². The van der Waals surface area contributed by atoms with Crippen LogP contribution in [0, 0.1) is 5.92 Å². The van der Waals surface area contributed by atoms with Gasteiger partial charge in [0, 0.05) is 17.4 Å². The maximum Gasteiger partial charge on any atom is 0.331 e. The fourth-order valence-electron chi connectivity index (χ4n) is 3.75. The average molecular weight is 521 g/mol. The van der Waals surface area contributed by atoms with E-state index in [0.717, 1.165) is 38.8 Å². The van der Waals surface area contributed by atoms with Gasteiger partial charge in [0.2, 0.25) is 5.91 Å². The second-order valence-electron chi connectivity index (χ2n) is 9.24. The molecule has 36 heavy (non-hydrogen) atoms. The van der Waals surface area contributed by atoms with Gasteiger partial charge in [-0.05, 0) is 52.0 Å². The van der Waals surface area contributed by atoms with E-state index >= 15 is 0 Å². The summed E-state index contributed by atoms with van der Waals surface area (Å²) < 4.78 is 5.00. The Bertz CT molecular complexity index is 756. The first kappa shape index (κ1) is 32.2. The van der Waals surface area contributed by atoms with Crippen LogP contribution in [-0.2, 0) is 14.3 Å². The number of carbonyl (C=O) groups excluding carboxylic acids is 2. The lowest BCUT2D eigenvalue weighted by Gasteiger charge is -2.28. The van der Waals surface area contributed by atoms with E-state index < -0.39 is 18.1 Å². The Hall–Kier alpha value is -1.83. The van der Waals surface area contributed by atoms with Crippen LogP contribution >= 0.6 is 12.6 Å². The standard InChI is InChI=1S/C21H36N2O4S.C8H12/c1-3-5-6-8-14-22-15-9-7-13-17(28)19(24)18(21(26)27-4-2)23-20(25)16-11-10-12-16;1-2-8-6-4-3-5-7-8/h7,9,13,16,18-19,22,24,28H,3-6,8,10-12,14-15H2,1-2H3,(H,23,25);3-4,6H,2,5,7H2,1H3/b9-7+,17-13-;. The molecule has 2 rings (SSSR count). The van der Waals surface area contributed by atoms with Crippen molar-refractivity contribution in [2.24, 2.45) is 5.92 Å². The lowest BCUT2D eigenvalue weighted by Crippen LogP contribution is -2.52. The van der Waals surface area contributed by atoms with Crippen LogP contribution in [0.2, 0.25) is 0 Å². The highest BCUT2D eigenvalue weighted by atomic mass is 32.1. The first-order chi connectivity index (χ1) is 17.4. The van der Waals surface area contributed by atoms with Gasteiger partial charge in [-0.3, -0.25) is 4.79 Å². The SMILES string of the molecule is CCC1=CC=CCC1.CCCCCCNC/C=C/C=C(\S)C(O)C(NC(=O)C1CCC1)C(=O)OCC. The maximum absolute atomic E-state index is 12.2. The molecule has 0 aromatic carbocycles. The Morgan fingerprint density at radius 1 is 1.22 bits per heavy atom. The predicted octanol–water partition coefficient (Wildman–Crippen LogP) is 5.41. The molecule has 0 heterocycles. The summed E-state index contributed by atoms with van der Waals surface area (Å²) in [7, 11) is 0. The maximum atomic E-state index is 12.2.